The number of hydrogen-bond acceptors (Lipinski definition) is 3. The number of rotatable bonds is 1. The highest BCUT2D eigenvalue weighted by Gasteiger charge is 2.22. The van der Waals surface area contributed by atoms with Crippen molar-refractivity contribution in [1.82, 2.24) is 0 Å². The van der Waals surface area contributed by atoms with Crippen LogP contribution in [0.25, 0.3) is 0 Å². The molecule has 80 valence electrons. The van der Waals surface area contributed by atoms with Crippen LogP contribution < -0.4 is 9.47 Å². The van der Waals surface area contributed by atoms with E-state index in [9.17, 15) is 9.18 Å². The molecule has 1 heterocycles. The molecule has 2 rings (SSSR count). The van der Waals surface area contributed by atoms with Crippen LogP contribution in [0, 0.1) is 5.82 Å². The number of benzene rings is 1. The first-order valence-corrected chi connectivity index (χ1v) is 4.51. The first-order chi connectivity index (χ1) is 7.20. The molecule has 1 aliphatic rings. The average Bonchev–Trinajstić information content (AvgIpc) is 2.43. The van der Waals surface area contributed by atoms with Gasteiger partial charge in [0.1, 0.15) is 5.56 Å². The normalized spacial score (nSPS) is 14.5. The Morgan fingerprint density at radius 3 is 2.60 bits per heavy atom. The maximum Gasteiger partial charge on any atom is 0.339 e. The minimum absolute atomic E-state index is 0.0139. The largest absolute Gasteiger partial charge is 0.489 e. The highest BCUT2D eigenvalue weighted by atomic mass is 19.1. The van der Waals surface area contributed by atoms with Crippen molar-refractivity contribution in [2.75, 3.05) is 13.2 Å². The van der Waals surface area contributed by atoms with Crippen LogP contribution in [-0.4, -0.2) is 24.3 Å². The van der Waals surface area contributed by atoms with Gasteiger partial charge in [0.2, 0.25) is 0 Å². The molecule has 0 aliphatic carbocycles. The van der Waals surface area contributed by atoms with Crippen molar-refractivity contribution in [1.29, 1.82) is 0 Å². The molecule has 0 saturated heterocycles. The maximum absolute atomic E-state index is 13.3. The number of hydrogen-bond donors (Lipinski definition) is 1. The molecule has 0 bridgehead atoms. The van der Waals surface area contributed by atoms with E-state index in [1.165, 1.54) is 6.07 Å². The van der Waals surface area contributed by atoms with Crippen molar-refractivity contribution in [3.63, 3.8) is 0 Å². The lowest BCUT2D eigenvalue weighted by atomic mass is 10.2. The Hall–Kier alpha value is -1.78. The van der Waals surface area contributed by atoms with Crippen molar-refractivity contribution in [2.45, 2.75) is 6.42 Å². The first kappa shape index (κ1) is 9.76. The molecule has 0 radical (unpaired) electrons. The van der Waals surface area contributed by atoms with Gasteiger partial charge in [-0.25, -0.2) is 9.18 Å². The Labute approximate surface area is 85.2 Å². The van der Waals surface area contributed by atoms with Crippen molar-refractivity contribution < 1.29 is 23.8 Å². The Morgan fingerprint density at radius 1 is 1.27 bits per heavy atom. The van der Waals surface area contributed by atoms with E-state index < -0.39 is 11.8 Å². The molecule has 1 aromatic rings. The first-order valence-electron chi connectivity index (χ1n) is 4.51. The second-order valence-electron chi connectivity index (χ2n) is 3.11. The van der Waals surface area contributed by atoms with Gasteiger partial charge in [-0.15, -0.1) is 0 Å². The molecule has 0 fully saturated rings. The molecule has 0 aromatic heterocycles. The molecular formula is C10H9FO4. The predicted molar refractivity (Wildman–Crippen MR) is 49.0 cm³/mol. The number of ether oxygens (including phenoxy) is 2. The van der Waals surface area contributed by atoms with E-state index >= 15 is 0 Å². The smallest absolute Gasteiger partial charge is 0.339 e. The molecule has 0 unspecified atom stereocenters. The highest BCUT2D eigenvalue weighted by Crippen LogP contribution is 2.35. The molecule has 15 heavy (non-hydrogen) atoms. The van der Waals surface area contributed by atoms with E-state index in [1.807, 2.05) is 0 Å². The van der Waals surface area contributed by atoms with Gasteiger partial charge in [0.05, 0.1) is 13.2 Å². The minimum Gasteiger partial charge on any atom is -0.489 e. The second-order valence-corrected chi connectivity index (χ2v) is 3.11. The monoisotopic (exact) mass is 212 g/mol. The summed E-state index contributed by atoms with van der Waals surface area (Å²) in [6.07, 6.45) is 0.604. The predicted octanol–water partition coefficient (Wildman–Crippen LogP) is 1.69. The number of halogens is 1. The van der Waals surface area contributed by atoms with Gasteiger partial charge in [-0.1, -0.05) is 0 Å². The lowest BCUT2D eigenvalue weighted by Crippen LogP contribution is -2.04. The molecule has 0 spiro atoms. The minimum atomic E-state index is -1.16. The van der Waals surface area contributed by atoms with Gasteiger partial charge in [-0.05, 0) is 12.1 Å². The summed E-state index contributed by atoms with van der Waals surface area (Å²) < 4.78 is 23.6. The van der Waals surface area contributed by atoms with E-state index in [2.05, 4.69) is 0 Å². The number of carboxylic acid groups (broad SMARTS) is 1. The zero-order valence-corrected chi connectivity index (χ0v) is 7.83. The Kier molecular flexibility index (Phi) is 2.45. The fraction of sp³-hybridized carbons (Fsp3) is 0.300. The highest BCUT2D eigenvalue weighted by molar-refractivity contribution is 5.92. The Bertz CT molecular complexity index is 403. The quantitative estimate of drug-likeness (QED) is 0.769. The third-order valence-electron chi connectivity index (χ3n) is 2.08. The zero-order chi connectivity index (χ0) is 10.8. The van der Waals surface area contributed by atoms with Crippen molar-refractivity contribution in [2.24, 2.45) is 0 Å². The molecule has 5 heteroatoms. The summed E-state index contributed by atoms with van der Waals surface area (Å²) in [5.74, 6) is -1.87. The lowest BCUT2D eigenvalue weighted by Gasteiger charge is -2.10. The summed E-state index contributed by atoms with van der Waals surface area (Å²) in [4.78, 5) is 10.8. The fourth-order valence-corrected chi connectivity index (χ4v) is 1.39. The molecule has 1 N–H and O–H groups in total. The van der Waals surface area contributed by atoms with Gasteiger partial charge in [0.25, 0.3) is 0 Å². The Balaban J connectivity index is 2.56. The molecule has 4 nitrogen and oxygen atoms in total. The lowest BCUT2D eigenvalue weighted by molar-refractivity contribution is 0.0692. The molecule has 0 atom stereocenters. The number of carbonyl (C=O) groups is 1. The number of fused-ring (bicyclic) bond motifs is 1. The van der Waals surface area contributed by atoms with Gasteiger partial charge in [0, 0.05) is 6.42 Å². The number of aromatic carboxylic acids is 1. The van der Waals surface area contributed by atoms with Gasteiger partial charge in [0.15, 0.2) is 17.3 Å². The van der Waals surface area contributed by atoms with Crippen molar-refractivity contribution >= 4 is 5.97 Å². The molecular weight excluding hydrogens is 203 g/mol. The standard InChI is InChI=1S/C10H9FO4/c11-7-3-2-6(10(12)13)8-9(7)15-5-1-4-14-8/h2-3H,1,4-5H2,(H,12,13). The van der Waals surface area contributed by atoms with E-state index in [1.54, 1.807) is 0 Å². The van der Waals surface area contributed by atoms with Crippen LogP contribution in [0.4, 0.5) is 4.39 Å². The van der Waals surface area contributed by atoms with Gasteiger partial charge in [-0.2, -0.15) is 0 Å². The summed E-state index contributed by atoms with van der Waals surface area (Å²) in [5.41, 5.74) is -0.0756. The van der Waals surface area contributed by atoms with Gasteiger partial charge < -0.3 is 14.6 Å². The van der Waals surface area contributed by atoms with Crippen LogP contribution in [-0.2, 0) is 0 Å². The summed E-state index contributed by atoms with van der Waals surface area (Å²) in [6.45, 7) is 0.656. The van der Waals surface area contributed by atoms with Crippen LogP contribution in [0.2, 0.25) is 0 Å². The van der Waals surface area contributed by atoms with E-state index in [4.69, 9.17) is 14.6 Å². The van der Waals surface area contributed by atoms with Crippen molar-refractivity contribution in [3.8, 4) is 11.5 Å². The van der Waals surface area contributed by atoms with Crippen LogP contribution in [0.3, 0.4) is 0 Å². The molecule has 1 aromatic carbocycles. The third-order valence-corrected chi connectivity index (χ3v) is 2.08. The van der Waals surface area contributed by atoms with E-state index in [-0.39, 0.29) is 17.1 Å². The number of carboxylic acids is 1. The van der Waals surface area contributed by atoms with Crippen LogP contribution in [0.15, 0.2) is 12.1 Å². The summed E-state index contributed by atoms with van der Waals surface area (Å²) in [5, 5.41) is 8.87. The Morgan fingerprint density at radius 2 is 1.93 bits per heavy atom. The third kappa shape index (κ3) is 1.72. The molecule has 0 saturated carbocycles. The molecule has 1 aliphatic heterocycles. The van der Waals surface area contributed by atoms with Crippen molar-refractivity contribution in [3.05, 3.63) is 23.5 Å². The average molecular weight is 212 g/mol. The summed E-state index contributed by atoms with van der Waals surface area (Å²) in [7, 11) is 0. The van der Waals surface area contributed by atoms with E-state index in [0.717, 1.165) is 6.07 Å². The maximum atomic E-state index is 13.3. The molecule has 0 amide bonds. The fourth-order valence-electron chi connectivity index (χ4n) is 1.39. The van der Waals surface area contributed by atoms with E-state index in [0.29, 0.717) is 19.6 Å². The van der Waals surface area contributed by atoms with Crippen LogP contribution >= 0.6 is 0 Å². The van der Waals surface area contributed by atoms with Gasteiger partial charge >= 0.3 is 5.97 Å². The second kappa shape index (κ2) is 3.76. The topological polar surface area (TPSA) is 55.8 Å². The summed E-state index contributed by atoms with van der Waals surface area (Å²) >= 11 is 0. The van der Waals surface area contributed by atoms with Gasteiger partial charge in [-0.3, -0.25) is 0 Å². The summed E-state index contributed by atoms with van der Waals surface area (Å²) in [6, 6.07) is 2.24. The van der Waals surface area contributed by atoms with Crippen LogP contribution in [0.5, 0.6) is 11.5 Å². The SMILES string of the molecule is O=C(O)c1ccc(F)c2c1OCCCO2. The van der Waals surface area contributed by atoms with Crippen LogP contribution in [0.1, 0.15) is 16.8 Å². The zero-order valence-electron chi connectivity index (χ0n) is 7.83.